The van der Waals surface area contributed by atoms with Gasteiger partial charge in [0.05, 0.1) is 0 Å². The van der Waals surface area contributed by atoms with Crippen LogP contribution in [0.4, 0.5) is 5.13 Å². The number of rotatable bonds is 3. The molecule has 2 rings (SSSR count). The Morgan fingerprint density at radius 3 is 2.67 bits per heavy atom. The molecule has 0 aliphatic carbocycles. The molecule has 0 unspecified atom stereocenters. The van der Waals surface area contributed by atoms with Crippen LogP contribution in [-0.4, -0.2) is 17.8 Å². The zero-order chi connectivity index (χ0) is 13.3. The molecule has 0 atom stereocenters. The summed E-state index contributed by atoms with van der Waals surface area (Å²) in [5.41, 5.74) is 0. The zero-order valence-corrected chi connectivity index (χ0v) is 13.8. The van der Waals surface area contributed by atoms with Crippen LogP contribution in [0.3, 0.4) is 0 Å². The van der Waals surface area contributed by atoms with Gasteiger partial charge < -0.3 is 0 Å². The molecular weight excluding hydrogens is 406 g/mol. The molecule has 0 aliphatic rings. The number of nitrogens with zero attached hydrogens (tertiary/aromatic N) is 2. The van der Waals surface area contributed by atoms with E-state index in [9.17, 15) is 8.42 Å². The molecule has 0 aliphatic heterocycles. The molecular formula is C9H7Br2N3O2S2. The van der Waals surface area contributed by atoms with Crippen molar-refractivity contribution in [3.8, 4) is 0 Å². The highest BCUT2D eigenvalue weighted by atomic mass is 79.9. The second kappa shape index (κ2) is 5.24. The number of nitrogens with one attached hydrogen (secondary N) is 1. The maximum atomic E-state index is 12.2. The van der Waals surface area contributed by atoms with Crippen molar-refractivity contribution in [1.29, 1.82) is 0 Å². The van der Waals surface area contributed by atoms with E-state index >= 15 is 0 Å². The highest BCUT2D eigenvalue weighted by molar-refractivity contribution is 9.11. The molecule has 1 aromatic carbocycles. The van der Waals surface area contributed by atoms with Crippen molar-refractivity contribution < 1.29 is 8.42 Å². The van der Waals surface area contributed by atoms with Crippen molar-refractivity contribution in [1.82, 2.24) is 9.36 Å². The minimum Gasteiger partial charge on any atom is -0.253 e. The van der Waals surface area contributed by atoms with Gasteiger partial charge in [-0.05, 0) is 41.1 Å². The number of hydrogen-bond acceptors (Lipinski definition) is 5. The SMILES string of the molecule is Cc1nsc(NS(=O)(=O)c2cc(Br)ccc2Br)n1. The Labute approximate surface area is 125 Å². The summed E-state index contributed by atoms with van der Waals surface area (Å²) >= 11 is 7.45. The first-order chi connectivity index (χ1) is 8.38. The highest BCUT2D eigenvalue weighted by Gasteiger charge is 2.19. The number of aromatic nitrogens is 2. The Morgan fingerprint density at radius 1 is 1.33 bits per heavy atom. The van der Waals surface area contributed by atoms with Crippen LogP contribution >= 0.6 is 43.4 Å². The molecule has 96 valence electrons. The monoisotopic (exact) mass is 411 g/mol. The van der Waals surface area contributed by atoms with Crippen molar-refractivity contribution >= 4 is 58.5 Å². The van der Waals surface area contributed by atoms with E-state index in [2.05, 4.69) is 45.9 Å². The van der Waals surface area contributed by atoms with E-state index in [1.54, 1.807) is 19.1 Å². The fourth-order valence-electron chi connectivity index (χ4n) is 1.19. The van der Waals surface area contributed by atoms with Crippen LogP contribution in [0.25, 0.3) is 0 Å². The summed E-state index contributed by atoms with van der Waals surface area (Å²) in [4.78, 5) is 4.11. The van der Waals surface area contributed by atoms with Crippen LogP contribution in [0.5, 0.6) is 0 Å². The van der Waals surface area contributed by atoms with Gasteiger partial charge in [0.25, 0.3) is 10.0 Å². The summed E-state index contributed by atoms with van der Waals surface area (Å²) in [5, 5.41) is 0.249. The van der Waals surface area contributed by atoms with E-state index < -0.39 is 10.0 Å². The molecule has 1 heterocycles. The number of sulfonamides is 1. The maximum absolute atomic E-state index is 12.2. The lowest BCUT2D eigenvalue weighted by atomic mass is 10.4. The first-order valence-electron chi connectivity index (χ1n) is 4.67. The Kier molecular flexibility index (Phi) is 4.05. The summed E-state index contributed by atoms with van der Waals surface area (Å²) in [6.45, 7) is 1.70. The van der Waals surface area contributed by atoms with Crippen LogP contribution in [0.15, 0.2) is 32.0 Å². The smallest absolute Gasteiger partial charge is 0.253 e. The van der Waals surface area contributed by atoms with Crippen LogP contribution in [-0.2, 0) is 10.0 Å². The molecule has 0 amide bonds. The third-order valence-corrected chi connectivity index (χ3v) is 5.61. The molecule has 0 fully saturated rings. The number of benzene rings is 1. The van der Waals surface area contributed by atoms with Crippen molar-refractivity contribution in [3.63, 3.8) is 0 Å². The fourth-order valence-corrected chi connectivity index (χ4v) is 4.49. The first kappa shape index (κ1) is 13.9. The Morgan fingerprint density at radius 2 is 2.06 bits per heavy atom. The van der Waals surface area contributed by atoms with Gasteiger partial charge in [-0.3, -0.25) is 4.72 Å². The van der Waals surface area contributed by atoms with Crippen LogP contribution in [0.1, 0.15) is 5.82 Å². The third kappa shape index (κ3) is 3.08. The average molecular weight is 413 g/mol. The van der Waals surface area contributed by atoms with Gasteiger partial charge in [0.15, 0.2) is 0 Å². The minimum absolute atomic E-state index is 0.143. The topological polar surface area (TPSA) is 72.0 Å². The largest absolute Gasteiger partial charge is 0.264 e. The van der Waals surface area contributed by atoms with Crippen LogP contribution in [0, 0.1) is 6.92 Å². The molecule has 18 heavy (non-hydrogen) atoms. The average Bonchev–Trinajstić information content (AvgIpc) is 2.66. The van der Waals surface area contributed by atoms with Crippen LogP contribution in [0.2, 0.25) is 0 Å². The van der Waals surface area contributed by atoms with Gasteiger partial charge in [0.1, 0.15) is 10.7 Å². The van der Waals surface area contributed by atoms with E-state index in [-0.39, 0.29) is 10.0 Å². The molecule has 1 aromatic heterocycles. The second-order valence-corrected chi connectivity index (χ2v) is 7.50. The molecule has 0 saturated carbocycles. The summed E-state index contributed by atoms with van der Waals surface area (Å²) in [6.07, 6.45) is 0. The third-order valence-electron chi connectivity index (χ3n) is 1.93. The van der Waals surface area contributed by atoms with E-state index in [0.717, 1.165) is 11.5 Å². The standard InChI is InChI=1S/C9H7Br2N3O2S2/c1-5-12-9(17-13-5)14-18(15,16)8-4-6(10)2-3-7(8)11/h2-4H,1H3,(H,12,13,14). The summed E-state index contributed by atoms with van der Waals surface area (Å²) < 4.78 is 31.8. The minimum atomic E-state index is -3.67. The molecule has 0 radical (unpaired) electrons. The molecule has 2 aromatic rings. The van der Waals surface area contributed by atoms with Crippen molar-refractivity contribution in [2.75, 3.05) is 4.72 Å². The number of aryl methyl sites for hydroxylation is 1. The second-order valence-electron chi connectivity index (χ2n) is 3.33. The van der Waals surface area contributed by atoms with E-state index in [0.29, 0.717) is 14.8 Å². The van der Waals surface area contributed by atoms with Gasteiger partial charge >= 0.3 is 0 Å². The Hall–Kier alpha value is -0.510. The summed E-state index contributed by atoms with van der Waals surface area (Å²) in [6, 6.07) is 4.92. The van der Waals surface area contributed by atoms with E-state index in [1.807, 2.05) is 0 Å². The van der Waals surface area contributed by atoms with Gasteiger partial charge in [-0.1, -0.05) is 15.9 Å². The highest BCUT2D eigenvalue weighted by Crippen LogP contribution is 2.27. The first-order valence-corrected chi connectivity index (χ1v) is 8.51. The van der Waals surface area contributed by atoms with Gasteiger partial charge in [-0.15, -0.1) is 0 Å². The number of anilines is 1. The number of hydrogen-bond donors (Lipinski definition) is 1. The maximum Gasteiger partial charge on any atom is 0.264 e. The molecule has 5 nitrogen and oxygen atoms in total. The van der Waals surface area contributed by atoms with Gasteiger partial charge in [0.2, 0.25) is 5.13 Å². The van der Waals surface area contributed by atoms with Crippen molar-refractivity contribution in [3.05, 3.63) is 33.0 Å². The van der Waals surface area contributed by atoms with Crippen molar-refractivity contribution in [2.24, 2.45) is 0 Å². The molecule has 9 heteroatoms. The van der Waals surface area contributed by atoms with Gasteiger partial charge in [-0.2, -0.15) is 4.37 Å². The lowest BCUT2D eigenvalue weighted by Gasteiger charge is -2.07. The Bertz CT molecular complexity index is 685. The number of halogens is 2. The predicted octanol–water partition coefficient (Wildman–Crippen LogP) is 3.17. The van der Waals surface area contributed by atoms with E-state index in [1.165, 1.54) is 6.07 Å². The molecule has 0 bridgehead atoms. The molecule has 0 spiro atoms. The lowest BCUT2D eigenvalue weighted by Crippen LogP contribution is -2.13. The summed E-state index contributed by atoms with van der Waals surface area (Å²) in [5.74, 6) is 0.533. The van der Waals surface area contributed by atoms with Gasteiger partial charge in [-0.25, -0.2) is 13.4 Å². The quantitative estimate of drug-likeness (QED) is 0.840. The zero-order valence-electron chi connectivity index (χ0n) is 9.02. The van der Waals surface area contributed by atoms with E-state index in [4.69, 9.17) is 0 Å². The van der Waals surface area contributed by atoms with Crippen molar-refractivity contribution in [2.45, 2.75) is 11.8 Å². The summed E-state index contributed by atoms with van der Waals surface area (Å²) in [7, 11) is -3.67. The normalized spacial score (nSPS) is 11.5. The van der Waals surface area contributed by atoms with Crippen LogP contribution < -0.4 is 4.72 Å². The lowest BCUT2D eigenvalue weighted by molar-refractivity contribution is 0.600. The molecule has 0 saturated heterocycles. The van der Waals surface area contributed by atoms with Gasteiger partial charge in [0, 0.05) is 20.5 Å². The molecule has 1 N–H and O–H groups in total. The fraction of sp³-hybridized carbons (Fsp3) is 0.111. The Balaban J connectivity index is 2.39. The predicted molar refractivity (Wildman–Crippen MR) is 77.3 cm³/mol.